The molecule has 0 saturated heterocycles. The van der Waals surface area contributed by atoms with Crippen LogP contribution in [0.25, 0.3) is 0 Å². The summed E-state index contributed by atoms with van der Waals surface area (Å²) in [5.41, 5.74) is 0.296. The number of hydrogen-bond acceptors (Lipinski definition) is 4. The molecule has 0 amide bonds. The Morgan fingerprint density at radius 2 is 1.88 bits per heavy atom. The second kappa shape index (κ2) is 4.84. The summed E-state index contributed by atoms with van der Waals surface area (Å²) in [6.45, 7) is 4.51. The van der Waals surface area contributed by atoms with E-state index in [4.69, 9.17) is 25.8 Å². The van der Waals surface area contributed by atoms with Crippen molar-refractivity contribution < 1.29 is 19.0 Å². The molecule has 0 unspecified atom stereocenters. The van der Waals surface area contributed by atoms with E-state index in [9.17, 15) is 4.79 Å². The van der Waals surface area contributed by atoms with Gasteiger partial charge in [0.15, 0.2) is 11.5 Å². The zero-order chi connectivity index (χ0) is 12.4. The average Bonchev–Trinajstić information content (AvgIpc) is 2.27. The van der Waals surface area contributed by atoms with E-state index in [1.165, 1.54) is 0 Å². The van der Waals surface area contributed by atoms with E-state index in [0.717, 1.165) is 0 Å². The summed E-state index contributed by atoms with van der Waals surface area (Å²) in [5.74, 6) is 0.626. The molecular formula is C12H13ClO4. The lowest BCUT2D eigenvalue weighted by atomic mass is 10.2. The number of hydrogen-bond donors (Lipinski definition) is 0. The van der Waals surface area contributed by atoms with Crippen molar-refractivity contribution in [3.8, 4) is 11.5 Å². The van der Waals surface area contributed by atoms with Crippen molar-refractivity contribution in [3.63, 3.8) is 0 Å². The van der Waals surface area contributed by atoms with Crippen LogP contribution in [0.4, 0.5) is 0 Å². The number of halogens is 1. The second-order valence-electron chi connectivity index (χ2n) is 3.93. The molecule has 2 rings (SSSR count). The Labute approximate surface area is 104 Å². The number of benzene rings is 1. The quantitative estimate of drug-likeness (QED) is 0.763. The van der Waals surface area contributed by atoms with Crippen molar-refractivity contribution in [3.05, 3.63) is 22.7 Å². The van der Waals surface area contributed by atoms with Crippen LogP contribution in [0.3, 0.4) is 0 Å². The molecule has 0 spiro atoms. The standard InChI is InChI=1S/C12H13ClO4/c1-7(2)17-12(14)8-5-10-11(6-9(8)13)16-4-3-15-10/h5-7H,3-4H2,1-2H3. The zero-order valence-electron chi connectivity index (χ0n) is 9.66. The number of carbonyl (C=O) groups is 1. The van der Waals surface area contributed by atoms with Crippen molar-refractivity contribution in [2.75, 3.05) is 13.2 Å². The van der Waals surface area contributed by atoms with Crippen molar-refractivity contribution in [2.45, 2.75) is 20.0 Å². The van der Waals surface area contributed by atoms with Crippen LogP contribution in [-0.2, 0) is 4.74 Å². The summed E-state index contributed by atoms with van der Waals surface area (Å²) in [6.07, 6.45) is -0.188. The lowest BCUT2D eigenvalue weighted by molar-refractivity contribution is 0.0377. The third-order valence-corrected chi connectivity index (χ3v) is 2.51. The first-order chi connectivity index (χ1) is 8.08. The summed E-state index contributed by atoms with van der Waals surface area (Å²) >= 11 is 6.00. The van der Waals surface area contributed by atoms with Gasteiger partial charge in [0.2, 0.25) is 0 Å². The summed E-state index contributed by atoms with van der Waals surface area (Å²) in [7, 11) is 0. The average molecular weight is 257 g/mol. The minimum atomic E-state index is -0.457. The molecule has 4 nitrogen and oxygen atoms in total. The van der Waals surface area contributed by atoms with E-state index in [0.29, 0.717) is 35.3 Å². The van der Waals surface area contributed by atoms with Crippen LogP contribution >= 0.6 is 11.6 Å². The van der Waals surface area contributed by atoms with Gasteiger partial charge in [0.1, 0.15) is 13.2 Å². The smallest absolute Gasteiger partial charge is 0.340 e. The Hall–Kier alpha value is -1.42. The molecule has 0 fully saturated rings. The molecule has 5 heteroatoms. The highest BCUT2D eigenvalue weighted by Gasteiger charge is 2.20. The van der Waals surface area contributed by atoms with E-state index in [-0.39, 0.29) is 6.10 Å². The number of rotatable bonds is 2. The largest absolute Gasteiger partial charge is 0.486 e. The molecule has 1 heterocycles. The molecule has 0 saturated carbocycles. The topological polar surface area (TPSA) is 44.8 Å². The third kappa shape index (κ3) is 2.64. The molecule has 1 aromatic rings. The minimum absolute atomic E-state index is 0.188. The first-order valence-corrected chi connectivity index (χ1v) is 5.76. The number of ether oxygens (including phenoxy) is 3. The summed E-state index contributed by atoms with van der Waals surface area (Å²) in [6, 6.07) is 3.13. The maximum Gasteiger partial charge on any atom is 0.340 e. The Morgan fingerprint density at radius 1 is 1.29 bits per heavy atom. The highest BCUT2D eigenvalue weighted by atomic mass is 35.5. The monoisotopic (exact) mass is 256 g/mol. The van der Waals surface area contributed by atoms with Crippen LogP contribution in [0.2, 0.25) is 5.02 Å². The van der Waals surface area contributed by atoms with Crippen LogP contribution in [0, 0.1) is 0 Å². The normalized spacial score (nSPS) is 13.6. The van der Waals surface area contributed by atoms with Crippen LogP contribution < -0.4 is 9.47 Å². The SMILES string of the molecule is CC(C)OC(=O)c1cc2c(cc1Cl)OCCO2. The first kappa shape index (κ1) is 12.0. The summed E-state index contributed by atoms with van der Waals surface area (Å²) < 4.78 is 15.8. The molecule has 1 aromatic carbocycles. The predicted octanol–water partition coefficient (Wildman–Crippen LogP) is 2.68. The van der Waals surface area contributed by atoms with Crippen molar-refractivity contribution in [1.29, 1.82) is 0 Å². The molecule has 92 valence electrons. The lowest BCUT2D eigenvalue weighted by Crippen LogP contribution is -2.17. The van der Waals surface area contributed by atoms with E-state index >= 15 is 0 Å². The fourth-order valence-electron chi connectivity index (χ4n) is 1.50. The van der Waals surface area contributed by atoms with E-state index in [2.05, 4.69) is 0 Å². The van der Waals surface area contributed by atoms with E-state index in [1.807, 2.05) is 0 Å². The van der Waals surface area contributed by atoms with Gasteiger partial charge in [-0.1, -0.05) is 11.6 Å². The Bertz CT molecular complexity index is 442. The van der Waals surface area contributed by atoms with Gasteiger partial charge in [-0.3, -0.25) is 0 Å². The second-order valence-corrected chi connectivity index (χ2v) is 4.34. The Balaban J connectivity index is 2.31. The maximum absolute atomic E-state index is 11.8. The van der Waals surface area contributed by atoms with Gasteiger partial charge in [0.05, 0.1) is 16.7 Å². The van der Waals surface area contributed by atoms with Gasteiger partial charge in [-0.25, -0.2) is 4.79 Å². The molecule has 0 aromatic heterocycles. The van der Waals surface area contributed by atoms with Crippen molar-refractivity contribution in [2.24, 2.45) is 0 Å². The molecule has 1 aliphatic rings. The van der Waals surface area contributed by atoms with Gasteiger partial charge < -0.3 is 14.2 Å². The van der Waals surface area contributed by atoms with Gasteiger partial charge in [-0.2, -0.15) is 0 Å². The molecule has 0 radical (unpaired) electrons. The number of fused-ring (bicyclic) bond motifs is 1. The van der Waals surface area contributed by atoms with Crippen LogP contribution in [0.15, 0.2) is 12.1 Å². The van der Waals surface area contributed by atoms with E-state index < -0.39 is 5.97 Å². The third-order valence-electron chi connectivity index (χ3n) is 2.19. The van der Waals surface area contributed by atoms with Crippen LogP contribution in [0.1, 0.15) is 24.2 Å². The molecule has 0 atom stereocenters. The molecular weight excluding hydrogens is 244 g/mol. The van der Waals surface area contributed by atoms with Crippen LogP contribution in [-0.4, -0.2) is 25.3 Å². The number of carbonyl (C=O) groups excluding carboxylic acids is 1. The molecule has 1 aliphatic heterocycles. The highest BCUT2D eigenvalue weighted by molar-refractivity contribution is 6.33. The molecule has 0 N–H and O–H groups in total. The van der Waals surface area contributed by atoms with Gasteiger partial charge in [-0.05, 0) is 13.8 Å². The lowest BCUT2D eigenvalue weighted by Gasteiger charge is -2.19. The van der Waals surface area contributed by atoms with Gasteiger partial charge >= 0.3 is 5.97 Å². The molecule has 17 heavy (non-hydrogen) atoms. The maximum atomic E-state index is 11.8. The van der Waals surface area contributed by atoms with Crippen LogP contribution in [0.5, 0.6) is 11.5 Å². The predicted molar refractivity (Wildman–Crippen MR) is 63.0 cm³/mol. The highest BCUT2D eigenvalue weighted by Crippen LogP contribution is 2.35. The van der Waals surface area contributed by atoms with Crippen molar-refractivity contribution >= 4 is 17.6 Å². The number of esters is 1. The first-order valence-electron chi connectivity index (χ1n) is 5.38. The van der Waals surface area contributed by atoms with Gasteiger partial charge in [0.25, 0.3) is 0 Å². The molecule has 0 bridgehead atoms. The fourth-order valence-corrected chi connectivity index (χ4v) is 1.73. The zero-order valence-corrected chi connectivity index (χ0v) is 10.4. The Morgan fingerprint density at radius 3 is 2.47 bits per heavy atom. The summed E-state index contributed by atoms with van der Waals surface area (Å²) in [4.78, 5) is 11.8. The molecule has 0 aliphatic carbocycles. The minimum Gasteiger partial charge on any atom is -0.486 e. The Kier molecular flexibility index (Phi) is 3.43. The van der Waals surface area contributed by atoms with E-state index in [1.54, 1.807) is 26.0 Å². The van der Waals surface area contributed by atoms with Gasteiger partial charge in [-0.15, -0.1) is 0 Å². The summed E-state index contributed by atoms with van der Waals surface area (Å²) in [5, 5.41) is 0.305. The van der Waals surface area contributed by atoms with Crippen molar-refractivity contribution in [1.82, 2.24) is 0 Å². The fraction of sp³-hybridized carbons (Fsp3) is 0.417. The van der Waals surface area contributed by atoms with Gasteiger partial charge in [0, 0.05) is 12.1 Å².